The molecule has 0 bridgehead atoms. The van der Waals surface area contributed by atoms with Crippen molar-refractivity contribution in [2.45, 2.75) is 26.4 Å². The predicted octanol–water partition coefficient (Wildman–Crippen LogP) is 4.01. The standard InChI is InChI=1S/C17H16O2/c1-11-6-5-8-13(12(11)2)17-10-15(18)14-7-3-4-9-16(14)19-17/h3-9,17H,10H2,1-2H3. The lowest BCUT2D eigenvalue weighted by molar-refractivity contribution is 0.0849. The molecule has 3 rings (SSSR count). The summed E-state index contributed by atoms with van der Waals surface area (Å²) in [5, 5.41) is 0. The summed E-state index contributed by atoms with van der Waals surface area (Å²) in [6.07, 6.45) is 0.253. The first-order chi connectivity index (χ1) is 9.16. The molecule has 2 aromatic rings. The highest BCUT2D eigenvalue weighted by atomic mass is 16.5. The van der Waals surface area contributed by atoms with Gasteiger partial charge >= 0.3 is 0 Å². The van der Waals surface area contributed by atoms with E-state index in [1.54, 1.807) is 0 Å². The van der Waals surface area contributed by atoms with Gasteiger partial charge in [-0.1, -0.05) is 30.3 Å². The first-order valence-corrected chi connectivity index (χ1v) is 6.52. The van der Waals surface area contributed by atoms with Crippen molar-refractivity contribution in [2.24, 2.45) is 0 Å². The van der Waals surface area contributed by atoms with Crippen molar-refractivity contribution in [3.63, 3.8) is 0 Å². The summed E-state index contributed by atoms with van der Waals surface area (Å²) in [5.74, 6) is 0.859. The predicted molar refractivity (Wildman–Crippen MR) is 74.7 cm³/mol. The normalized spacial score (nSPS) is 17.8. The molecule has 2 nitrogen and oxygen atoms in total. The Labute approximate surface area is 113 Å². The van der Waals surface area contributed by atoms with Crippen LogP contribution in [0.3, 0.4) is 0 Å². The molecule has 0 saturated heterocycles. The van der Waals surface area contributed by atoms with E-state index < -0.39 is 0 Å². The van der Waals surface area contributed by atoms with Gasteiger partial charge in [-0.25, -0.2) is 0 Å². The van der Waals surface area contributed by atoms with E-state index in [-0.39, 0.29) is 11.9 Å². The maximum atomic E-state index is 12.2. The van der Waals surface area contributed by atoms with Crippen LogP contribution < -0.4 is 4.74 Å². The van der Waals surface area contributed by atoms with Gasteiger partial charge in [0.1, 0.15) is 11.9 Å². The van der Waals surface area contributed by atoms with Gasteiger partial charge in [-0.2, -0.15) is 0 Å². The van der Waals surface area contributed by atoms with Crippen LogP contribution in [-0.2, 0) is 0 Å². The molecular weight excluding hydrogens is 236 g/mol. The number of Topliss-reactive ketones (excluding diaryl/α,β-unsaturated/α-hetero) is 1. The molecule has 0 fully saturated rings. The third kappa shape index (κ3) is 2.03. The third-order valence-corrected chi connectivity index (χ3v) is 3.82. The van der Waals surface area contributed by atoms with Crippen molar-refractivity contribution in [1.29, 1.82) is 0 Å². The van der Waals surface area contributed by atoms with Gasteiger partial charge < -0.3 is 4.74 Å². The zero-order valence-electron chi connectivity index (χ0n) is 11.1. The highest BCUT2D eigenvalue weighted by Crippen LogP contribution is 2.36. The summed E-state index contributed by atoms with van der Waals surface area (Å²) in [4.78, 5) is 12.2. The fraction of sp³-hybridized carbons (Fsp3) is 0.235. The van der Waals surface area contributed by atoms with E-state index in [4.69, 9.17) is 4.74 Å². The molecular formula is C17H16O2. The van der Waals surface area contributed by atoms with Gasteiger partial charge in [-0.3, -0.25) is 4.79 Å². The second-order valence-corrected chi connectivity index (χ2v) is 5.02. The smallest absolute Gasteiger partial charge is 0.170 e. The zero-order chi connectivity index (χ0) is 13.4. The molecule has 1 unspecified atom stereocenters. The Morgan fingerprint density at radius 3 is 2.68 bits per heavy atom. The van der Waals surface area contributed by atoms with Gasteiger partial charge in [0.25, 0.3) is 0 Å². The highest BCUT2D eigenvalue weighted by molar-refractivity contribution is 6.00. The van der Waals surface area contributed by atoms with Crippen LogP contribution >= 0.6 is 0 Å². The lowest BCUT2D eigenvalue weighted by Gasteiger charge is -2.27. The number of aryl methyl sites for hydroxylation is 1. The summed E-state index contributed by atoms with van der Waals surface area (Å²) >= 11 is 0. The fourth-order valence-corrected chi connectivity index (χ4v) is 2.57. The molecule has 0 spiro atoms. The van der Waals surface area contributed by atoms with Crippen LogP contribution in [0.2, 0.25) is 0 Å². The average molecular weight is 252 g/mol. The number of benzene rings is 2. The van der Waals surface area contributed by atoms with Crippen LogP contribution in [0, 0.1) is 13.8 Å². The Bertz CT molecular complexity index is 643. The van der Waals surface area contributed by atoms with E-state index in [1.165, 1.54) is 11.1 Å². The van der Waals surface area contributed by atoms with Crippen LogP contribution in [0.5, 0.6) is 5.75 Å². The molecule has 1 heterocycles. The van der Waals surface area contributed by atoms with Crippen LogP contribution in [-0.4, -0.2) is 5.78 Å². The zero-order valence-corrected chi connectivity index (χ0v) is 11.1. The Hall–Kier alpha value is -2.09. The number of carbonyl (C=O) groups is 1. The first kappa shape index (κ1) is 12.0. The van der Waals surface area contributed by atoms with Crippen LogP contribution in [0.1, 0.15) is 39.6 Å². The van der Waals surface area contributed by atoms with Gasteiger partial charge in [0.2, 0.25) is 0 Å². The lowest BCUT2D eigenvalue weighted by atomic mass is 9.92. The number of rotatable bonds is 1. The second-order valence-electron chi connectivity index (χ2n) is 5.02. The van der Waals surface area contributed by atoms with Gasteiger partial charge in [0.15, 0.2) is 5.78 Å². The van der Waals surface area contributed by atoms with E-state index in [2.05, 4.69) is 19.9 Å². The van der Waals surface area contributed by atoms with E-state index >= 15 is 0 Å². The van der Waals surface area contributed by atoms with Gasteiger partial charge in [0, 0.05) is 0 Å². The molecule has 0 amide bonds. The Morgan fingerprint density at radius 1 is 1.05 bits per heavy atom. The monoisotopic (exact) mass is 252 g/mol. The molecule has 96 valence electrons. The Kier molecular flexibility index (Phi) is 2.86. The summed E-state index contributed by atoms with van der Waals surface area (Å²) in [6, 6.07) is 13.6. The van der Waals surface area contributed by atoms with Crippen molar-refractivity contribution in [3.8, 4) is 5.75 Å². The topological polar surface area (TPSA) is 26.3 Å². The molecule has 1 aliphatic rings. The summed E-state index contributed by atoms with van der Waals surface area (Å²) in [6.45, 7) is 4.16. The molecule has 0 aliphatic carbocycles. The number of hydrogen-bond donors (Lipinski definition) is 0. The number of ether oxygens (including phenoxy) is 1. The minimum atomic E-state index is -0.165. The van der Waals surface area contributed by atoms with Gasteiger partial charge in [-0.05, 0) is 42.7 Å². The number of hydrogen-bond acceptors (Lipinski definition) is 2. The fourth-order valence-electron chi connectivity index (χ4n) is 2.57. The van der Waals surface area contributed by atoms with Crippen LogP contribution in [0.15, 0.2) is 42.5 Å². The van der Waals surface area contributed by atoms with E-state index in [0.717, 1.165) is 5.56 Å². The number of para-hydroxylation sites is 1. The third-order valence-electron chi connectivity index (χ3n) is 3.82. The number of fused-ring (bicyclic) bond motifs is 1. The van der Waals surface area contributed by atoms with Gasteiger partial charge in [-0.15, -0.1) is 0 Å². The van der Waals surface area contributed by atoms with Crippen molar-refractivity contribution in [1.82, 2.24) is 0 Å². The van der Waals surface area contributed by atoms with Crippen LogP contribution in [0.25, 0.3) is 0 Å². The number of carbonyl (C=O) groups excluding carboxylic acids is 1. The number of ketones is 1. The second kappa shape index (κ2) is 4.54. The van der Waals surface area contributed by atoms with E-state index in [9.17, 15) is 4.79 Å². The van der Waals surface area contributed by atoms with E-state index in [0.29, 0.717) is 17.7 Å². The molecule has 0 radical (unpaired) electrons. The quantitative estimate of drug-likeness (QED) is 0.766. The summed E-state index contributed by atoms with van der Waals surface area (Å²) in [7, 11) is 0. The van der Waals surface area contributed by atoms with Gasteiger partial charge in [0.05, 0.1) is 12.0 Å². The molecule has 0 aromatic heterocycles. The lowest BCUT2D eigenvalue weighted by Crippen LogP contribution is -2.21. The van der Waals surface area contributed by atoms with Crippen LogP contribution in [0.4, 0.5) is 0 Å². The maximum absolute atomic E-state index is 12.2. The molecule has 1 aliphatic heterocycles. The SMILES string of the molecule is Cc1cccc(C2CC(=O)c3ccccc3O2)c1C. The largest absolute Gasteiger partial charge is 0.484 e. The van der Waals surface area contributed by atoms with Crippen molar-refractivity contribution >= 4 is 5.78 Å². The highest BCUT2D eigenvalue weighted by Gasteiger charge is 2.28. The van der Waals surface area contributed by atoms with Crippen molar-refractivity contribution in [2.75, 3.05) is 0 Å². The maximum Gasteiger partial charge on any atom is 0.170 e. The average Bonchev–Trinajstić information content (AvgIpc) is 2.42. The molecule has 19 heavy (non-hydrogen) atoms. The summed E-state index contributed by atoms with van der Waals surface area (Å²) in [5.41, 5.74) is 4.25. The Balaban J connectivity index is 2.02. The van der Waals surface area contributed by atoms with E-state index in [1.807, 2.05) is 36.4 Å². The van der Waals surface area contributed by atoms with Crippen molar-refractivity contribution < 1.29 is 9.53 Å². The Morgan fingerprint density at radius 2 is 1.84 bits per heavy atom. The minimum Gasteiger partial charge on any atom is -0.484 e. The molecule has 2 aromatic carbocycles. The minimum absolute atomic E-state index is 0.160. The molecule has 1 atom stereocenters. The molecule has 0 saturated carbocycles. The van der Waals surface area contributed by atoms with Crippen molar-refractivity contribution in [3.05, 3.63) is 64.7 Å². The first-order valence-electron chi connectivity index (χ1n) is 6.52. The molecule has 2 heteroatoms. The molecule has 0 N–H and O–H groups in total. The summed E-state index contributed by atoms with van der Waals surface area (Å²) < 4.78 is 6.00.